The number of hydrazone groups is 1. The van der Waals surface area contributed by atoms with Crippen LogP contribution in [0, 0.1) is 23.7 Å². The second-order valence-corrected chi connectivity index (χ2v) is 6.69. The molecule has 0 spiro atoms. The topological polar surface area (TPSA) is 68.2 Å². The number of nitrogens with zero attached hydrogens (tertiary/aromatic N) is 2. The van der Waals surface area contributed by atoms with Gasteiger partial charge in [0, 0.05) is 0 Å². The second-order valence-electron chi connectivity index (χ2n) is 6.69. The van der Waals surface area contributed by atoms with Gasteiger partial charge >= 0.3 is 0 Å². The molecule has 1 aromatic rings. The Labute approximate surface area is 146 Å². The molecule has 4 atom stereocenters. The van der Waals surface area contributed by atoms with Gasteiger partial charge in [-0.1, -0.05) is 12.2 Å². The normalized spacial score (nSPS) is 30.2. The van der Waals surface area contributed by atoms with E-state index in [2.05, 4.69) is 17.3 Å². The molecule has 0 radical (unpaired) electrons. The molecule has 5 rings (SSSR count). The van der Waals surface area contributed by atoms with E-state index >= 15 is 0 Å². The van der Waals surface area contributed by atoms with Crippen LogP contribution in [0.1, 0.15) is 18.4 Å². The maximum atomic E-state index is 12.7. The highest BCUT2D eigenvalue weighted by Gasteiger charge is 2.56. The number of hydrogen-bond donors (Lipinski definition) is 0. The number of benzene rings is 1. The van der Waals surface area contributed by atoms with Crippen LogP contribution < -0.4 is 9.47 Å². The van der Waals surface area contributed by atoms with E-state index in [9.17, 15) is 9.59 Å². The van der Waals surface area contributed by atoms with Gasteiger partial charge in [-0.3, -0.25) is 9.59 Å². The minimum Gasteiger partial charge on any atom is -0.493 e. The zero-order chi connectivity index (χ0) is 17.6. The molecule has 1 saturated carbocycles. The van der Waals surface area contributed by atoms with Gasteiger partial charge in [-0.15, -0.1) is 0 Å². The lowest BCUT2D eigenvalue weighted by Crippen LogP contribution is -2.38. The van der Waals surface area contributed by atoms with Gasteiger partial charge in [-0.05, 0) is 48.4 Å². The molecule has 1 heterocycles. The summed E-state index contributed by atoms with van der Waals surface area (Å²) >= 11 is 0. The van der Waals surface area contributed by atoms with Crippen molar-refractivity contribution in [1.82, 2.24) is 5.01 Å². The first-order valence-electron chi connectivity index (χ1n) is 8.46. The van der Waals surface area contributed by atoms with E-state index in [0.717, 1.165) is 23.4 Å². The molecule has 6 heteroatoms. The van der Waals surface area contributed by atoms with Crippen molar-refractivity contribution in [3.63, 3.8) is 0 Å². The number of allylic oxidation sites excluding steroid dienone is 2. The molecule has 6 nitrogen and oxygen atoms in total. The molecule has 1 aromatic carbocycles. The lowest BCUT2D eigenvalue weighted by Gasteiger charge is -2.37. The second kappa shape index (κ2) is 6.02. The molecule has 4 aliphatic rings. The number of amides is 2. The molecule has 1 aliphatic heterocycles. The highest BCUT2D eigenvalue weighted by atomic mass is 16.5. The lowest BCUT2D eigenvalue weighted by atomic mass is 9.63. The standard InChI is InChI=1S/C19H20N2O4/c1-24-14-8-3-11(9-15(14)25-2)10-20-21-18(22)16-12-4-5-13(7-6-12)17(16)19(21)23/h3-5,8-10,12-13,16-17H,6-7H2,1-2H3/b20-10-. The van der Waals surface area contributed by atoms with Gasteiger partial charge in [0.05, 0.1) is 32.3 Å². The van der Waals surface area contributed by atoms with Crippen LogP contribution in [-0.4, -0.2) is 37.3 Å². The monoisotopic (exact) mass is 340 g/mol. The first-order valence-corrected chi connectivity index (χ1v) is 8.46. The van der Waals surface area contributed by atoms with Crippen molar-refractivity contribution >= 4 is 18.0 Å². The van der Waals surface area contributed by atoms with Crippen molar-refractivity contribution in [3.05, 3.63) is 35.9 Å². The van der Waals surface area contributed by atoms with Crippen LogP contribution in [-0.2, 0) is 9.59 Å². The predicted molar refractivity (Wildman–Crippen MR) is 91.3 cm³/mol. The average Bonchev–Trinajstić information content (AvgIpc) is 2.93. The summed E-state index contributed by atoms with van der Waals surface area (Å²) in [5.41, 5.74) is 0.731. The van der Waals surface area contributed by atoms with Crippen LogP contribution >= 0.6 is 0 Å². The molecule has 4 unspecified atom stereocenters. The number of imide groups is 1. The summed E-state index contributed by atoms with van der Waals surface area (Å²) in [4.78, 5) is 25.4. The van der Waals surface area contributed by atoms with Crippen molar-refractivity contribution in [2.45, 2.75) is 12.8 Å². The van der Waals surface area contributed by atoms with Crippen LogP contribution in [0.25, 0.3) is 0 Å². The van der Waals surface area contributed by atoms with E-state index in [1.54, 1.807) is 32.4 Å². The maximum absolute atomic E-state index is 12.7. The Morgan fingerprint density at radius 2 is 1.60 bits per heavy atom. The fraction of sp³-hybridized carbons (Fsp3) is 0.421. The van der Waals surface area contributed by atoms with Crippen LogP contribution in [0.5, 0.6) is 11.5 Å². The quantitative estimate of drug-likeness (QED) is 0.479. The van der Waals surface area contributed by atoms with Crippen LogP contribution in [0.4, 0.5) is 0 Å². The summed E-state index contributed by atoms with van der Waals surface area (Å²) in [6, 6.07) is 5.32. The molecular formula is C19H20N2O4. The minimum atomic E-state index is -0.237. The predicted octanol–water partition coefficient (Wildman–Crippen LogP) is 2.23. The van der Waals surface area contributed by atoms with Gasteiger partial charge < -0.3 is 9.47 Å². The van der Waals surface area contributed by atoms with E-state index in [-0.39, 0.29) is 35.5 Å². The number of carbonyl (C=O) groups is 2. The molecule has 25 heavy (non-hydrogen) atoms. The summed E-state index contributed by atoms with van der Waals surface area (Å²) in [6.45, 7) is 0. The van der Waals surface area contributed by atoms with Gasteiger partial charge in [0.15, 0.2) is 11.5 Å². The third-order valence-corrected chi connectivity index (χ3v) is 5.47. The lowest BCUT2D eigenvalue weighted by molar-refractivity contribution is -0.140. The Bertz CT molecular complexity index is 754. The van der Waals surface area contributed by atoms with Gasteiger partial charge in [0.2, 0.25) is 0 Å². The Kier molecular flexibility index (Phi) is 3.82. The average molecular weight is 340 g/mol. The van der Waals surface area contributed by atoms with E-state index in [1.165, 1.54) is 6.21 Å². The summed E-state index contributed by atoms with van der Waals surface area (Å²) in [7, 11) is 3.12. The fourth-order valence-electron chi connectivity index (χ4n) is 4.23. The van der Waals surface area contributed by atoms with Gasteiger partial charge in [0.25, 0.3) is 11.8 Å². The van der Waals surface area contributed by atoms with Crippen molar-refractivity contribution < 1.29 is 19.1 Å². The van der Waals surface area contributed by atoms with E-state index in [4.69, 9.17) is 9.47 Å². The molecule has 2 amide bonds. The number of methoxy groups -OCH3 is 2. The van der Waals surface area contributed by atoms with Crippen molar-refractivity contribution in [2.75, 3.05) is 14.2 Å². The van der Waals surface area contributed by atoms with Gasteiger partial charge in [0.1, 0.15) is 0 Å². The zero-order valence-corrected chi connectivity index (χ0v) is 14.2. The van der Waals surface area contributed by atoms with E-state index in [0.29, 0.717) is 11.5 Å². The summed E-state index contributed by atoms with van der Waals surface area (Å²) in [5.74, 6) is 0.706. The Balaban J connectivity index is 1.58. The third-order valence-electron chi connectivity index (χ3n) is 5.47. The highest BCUT2D eigenvalue weighted by molar-refractivity contribution is 6.06. The Morgan fingerprint density at radius 1 is 1.00 bits per heavy atom. The van der Waals surface area contributed by atoms with Crippen molar-refractivity contribution in [1.29, 1.82) is 0 Å². The Hall–Kier alpha value is -2.63. The van der Waals surface area contributed by atoms with Crippen molar-refractivity contribution in [2.24, 2.45) is 28.8 Å². The SMILES string of the molecule is COc1ccc(/C=N\N2C(=O)C3C4C=CC(CC4)C3C2=O)cc1OC. The number of fused-ring (bicyclic) bond motifs is 1. The maximum Gasteiger partial charge on any atom is 0.254 e. The van der Waals surface area contributed by atoms with Crippen LogP contribution in [0.15, 0.2) is 35.5 Å². The summed E-state index contributed by atoms with van der Waals surface area (Å²) < 4.78 is 10.5. The largest absolute Gasteiger partial charge is 0.493 e. The number of rotatable bonds is 4. The van der Waals surface area contributed by atoms with E-state index in [1.807, 2.05) is 0 Å². The highest BCUT2D eigenvalue weighted by Crippen LogP contribution is 2.49. The molecule has 3 aliphatic carbocycles. The smallest absolute Gasteiger partial charge is 0.254 e. The minimum absolute atomic E-state index is 0.174. The van der Waals surface area contributed by atoms with Gasteiger partial charge in [-0.2, -0.15) is 10.1 Å². The molecular weight excluding hydrogens is 320 g/mol. The van der Waals surface area contributed by atoms with Crippen LogP contribution in [0.3, 0.4) is 0 Å². The van der Waals surface area contributed by atoms with E-state index < -0.39 is 0 Å². The molecule has 130 valence electrons. The number of hydrogen-bond acceptors (Lipinski definition) is 5. The summed E-state index contributed by atoms with van der Waals surface area (Å²) in [5, 5.41) is 5.25. The molecule has 0 aromatic heterocycles. The summed E-state index contributed by atoms with van der Waals surface area (Å²) in [6.07, 6.45) is 7.68. The fourth-order valence-corrected chi connectivity index (χ4v) is 4.23. The third kappa shape index (κ3) is 2.44. The molecule has 2 bridgehead atoms. The first-order chi connectivity index (χ1) is 12.1. The van der Waals surface area contributed by atoms with Crippen LogP contribution in [0.2, 0.25) is 0 Å². The first kappa shape index (κ1) is 15.9. The molecule has 1 saturated heterocycles. The molecule has 0 N–H and O–H groups in total. The number of ether oxygens (including phenoxy) is 2. The van der Waals surface area contributed by atoms with Crippen molar-refractivity contribution in [3.8, 4) is 11.5 Å². The molecule has 2 fully saturated rings. The zero-order valence-electron chi connectivity index (χ0n) is 14.2. The van der Waals surface area contributed by atoms with Gasteiger partial charge in [-0.25, -0.2) is 0 Å². The Morgan fingerprint density at radius 3 is 2.12 bits per heavy atom. The number of carbonyl (C=O) groups excluding carboxylic acids is 2.